The van der Waals surface area contributed by atoms with Crippen LogP contribution in [0.25, 0.3) is 4.85 Å². The smallest absolute Gasteiger partial charge is 0.417 e. The second kappa shape index (κ2) is 6.18. The molecule has 0 bridgehead atoms. The lowest BCUT2D eigenvalue weighted by atomic mass is 9.95. The van der Waals surface area contributed by atoms with E-state index >= 15 is 0 Å². The number of rotatable bonds is 3. The Kier molecular flexibility index (Phi) is 4.72. The molecule has 1 fully saturated rings. The summed E-state index contributed by atoms with van der Waals surface area (Å²) in [5, 5.41) is 0. The van der Waals surface area contributed by atoms with Gasteiger partial charge in [0.15, 0.2) is 0 Å². The summed E-state index contributed by atoms with van der Waals surface area (Å²) in [6.45, 7) is 7.43. The van der Waals surface area contributed by atoms with Gasteiger partial charge in [-0.05, 0) is 36.7 Å². The highest BCUT2D eigenvalue weighted by molar-refractivity contribution is 8.01. The first-order chi connectivity index (χ1) is 9.92. The summed E-state index contributed by atoms with van der Waals surface area (Å²) in [7, 11) is 1.35. The van der Waals surface area contributed by atoms with E-state index in [9.17, 15) is 13.2 Å². The van der Waals surface area contributed by atoms with Crippen LogP contribution in [0, 0.1) is 6.57 Å². The molecule has 0 saturated heterocycles. The average molecular weight is 315 g/mol. The molecule has 0 N–H and O–H groups in total. The molecule has 1 aliphatic rings. The Hall–Kier alpha value is -1.35. The summed E-state index contributed by atoms with van der Waals surface area (Å²) in [5.41, 5.74) is -0.722. The van der Waals surface area contributed by atoms with Gasteiger partial charge in [-0.3, -0.25) is 4.85 Å². The minimum absolute atomic E-state index is 0.0328. The van der Waals surface area contributed by atoms with Crippen LogP contribution in [-0.4, -0.2) is 12.0 Å². The molecular weight excluding hydrogens is 299 g/mol. The zero-order valence-electron chi connectivity index (χ0n) is 11.7. The van der Waals surface area contributed by atoms with Crippen LogP contribution in [0.2, 0.25) is 0 Å². The summed E-state index contributed by atoms with van der Waals surface area (Å²) in [5.74, 6) is 0.184. The average Bonchev–Trinajstić information content (AvgIpc) is 2.47. The van der Waals surface area contributed by atoms with Crippen LogP contribution in [0.5, 0.6) is 5.75 Å². The Balaban J connectivity index is 2.44. The molecular formula is C15H16F3NOS. The summed E-state index contributed by atoms with van der Waals surface area (Å²) < 4.78 is 44.7. The van der Waals surface area contributed by atoms with Gasteiger partial charge in [0.25, 0.3) is 4.87 Å². The zero-order chi connectivity index (χ0) is 15.5. The molecule has 6 heteroatoms. The highest BCUT2D eigenvalue weighted by Crippen LogP contribution is 2.51. The molecule has 1 aliphatic carbocycles. The summed E-state index contributed by atoms with van der Waals surface area (Å²) in [4.78, 5) is 2.90. The number of benzene rings is 1. The number of halogens is 3. The van der Waals surface area contributed by atoms with E-state index in [1.54, 1.807) is 0 Å². The van der Waals surface area contributed by atoms with Gasteiger partial charge in [0.2, 0.25) is 0 Å². The number of methoxy groups -OCH3 is 1. The van der Waals surface area contributed by atoms with Crippen molar-refractivity contribution in [2.45, 2.75) is 48.0 Å². The van der Waals surface area contributed by atoms with Crippen molar-refractivity contribution in [1.82, 2.24) is 0 Å². The Bertz CT molecular complexity index is 545. The molecule has 1 saturated carbocycles. The fraction of sp³-hybridized carbons (Fsp3) is 0.533. The van der Waals surface area contributed by atoms with Crippen molar-refractivity contribution in [1.29, 1.82) is 0 Å². The Morgan fingerprint density at radius 1 is 1.24 bits per heavy atom. The normalized spacial score (nSPS) is 18.0. The van der Waals surface area contributed by atoms with E-state index in [-0.39, 0.29) is 10.6 Å². The third-order valence-electron chi connectivity index (χ3n) is 3.63. The quantitative estimate of drug-likeness (QED) is 0.694. The standard InChI is InChI=1S/C15H16F3NOS/c1-19-14(9-4-3-5-10-14)21-13-11(15(16,17)18)7-6-8-12(13)20-2/h6-8H,3-5,9-10H2,2H3. The molecule has 0 atom stereocenters. The number of thioether (sulfide) groups is 1. The van der Waals surface area contributed by atoms with Crippen molar-refractivity contribution in [2.75, 3.05) is 7.11 Å². The summed E-state index contributed by atoms with van der Waals surface area (Å²) >= 11 is 1.02. The molecule has 21 heavy (non-hydrogen) atoms. The van der Waals surface area contributed by atoms with Crippen molar-refractivity contribution in [3.63, 3.8) is 0 Å². The second-order valence-corrected chi connectivity index (χ2v) is 6.43. The molecule has 114 valence electrons. The molecule has 1 aromatic carbocycles. The predicted molar refractivity (Wildman–Crippen MR) is 76.3 cm³/mol. The van der Waals surface area contributed by atoms with E-state index < -0.39 is 16.6 Å². The van der Waals surface area contributed by atoms with Gasteiger partial charge in [-0.1, -0.05) is 12.5 Å². The molecule has 0 spiro atoms. The third-order valence-corrected chi connectivity index (χ3v) is 5.14. The lowest BCUT2D eigenvalue weighted by Crippen LogP contribution is -2.24. The molecule has 0 heterocycles. The zero-order valence-corrected chi connectivity index (χ0v) is 12.5. The number of alkyl halides is 3. The lowest BCUT2D eigenvalue weighted by molar-refractivity contribution is -0.139. The van der Waals surface area contributed by atoms with Crippen LogP contribution >= 0.6 is 11.8 Å². The number of hydrogen-bond acceptors (Lipinski definition) is 2. The Labute approximate surface area is 126 Å². The molecule has 2 rings (SSSR count). The van der Waals surface area contributed by atoms with E-state index in [0.717, 1.165) is 37.1 Å². The van der Waals surface area contributed by atoms with Gasteiger partial charge in [0.1, 0.15) is 5.75 Å². The van der Waals surface area contributed by atoms with E-state index in [0.29, 0.717) is 12.8 Å². The second-order valence-electron chi connectivity index (χ2n) is 5.06. The first-order valence-corrected chi connectivity index (χ1v) is 7.55. The van der Waals surface area contributed by atoms with Crippen LogP contribution in [0.4, 0.5) is 13.2 Å². The highest BCUT2D eigenvalue weighted by Gasteiger charge is 2.44. The van der Waals surface area contributed by atoms with Crippen molar-refractivity contribution in [3.8, 4) is 5.75 Å². The topological polar surface area (TPSA) is 13.6 Å². The van der Waals surface area contributed by atoms with Crippen LogP contribution in [-0.2, 0) is 6.18 Å². The van der Waals surface area contributed by atoms with Crippen molar-refractivity contribution < 1.29 is 17.9 Å². The fourth-order valence-corrected chi connectivity index (χ4v) is 4.00. The molecule has 0 aliphatic heterocycles. The van der Waals surface area contributed by atoms with Crippen LogP contribution in [0.1, 0.15) is 37.7 Å². The molecule has 0 radical (unpaired) electrons. The minimum atomic E-state index is -4.45. The number of ether oxygens (including phenoxy) is 1. The summed E-state index contributed by atoms with van der Waals surface area (Å²) in [6, 6.07) is 3.89. The first-order valence-electron chi connectivity index (χ1n) is 6.74. The maximum Gasteiger partial charge on any atom is 0.417 e. The SMILES string of the molecule is [C-]#[N+]C1(Sc2c(OC)cccc2C(F)(F)F)CCCCC1. The minimum Gasteiger partial charge on any atom is -0.496 e. The van der Waals surface area contributed by atoms with Gasteiger partial charge in [-0.25, -0.2) is 6.57 Å². The summed E-state index contributed by atoms with van der Waals surface area (Å²) in [6.07, 6.45) is -0.407. The van der Waals surface area contributed by atoms with Gasteiger partial charge < -0.3 is 4.74 Å². The lowest BCUT2D eigenvalue weighted by Gasteiger charge is -2.27. The third kappa shape index (κ3) is 3.46. The van der Waals surface area contributed by atoms with Gasteiger partial charge in [-0.15, -0.1) is 0 Å². The van der Waals surface area contributed by atoms with Gasteiger partial charge in [0, 0.05) is 12.8 Å². The number of hydrogen-bond donors (Lipinski definition) is 0. The monoisotopic (exact) mass is 315 g/mol. The van der Waals surface area contributed by atoms with E-state index in [2.05, 4.69) is 4.85 Å². The highest BCUT2D eigenvalue weighted by atomic mass is 32.2. The van der Waals surface area contributed by atoms with Crippen molar-refractivity contribution >= 4 is 11.8 Å². The molecule has 0 aromatic heterocycles. The molecule has 1 aromatic rings. The molecule has 0 unspecified atom stereocenters. The predicted octanol–water partition coefficient (Wildman–Crippen LogP) is 5.39. The number of nitrogens with zero attached hydrogens (tertiary/aromatic N) is 1. The fourth-order valence-electron chi connectivity index (χ4n) is 2.54. The van der Waals surface area contributed by atoms with E-state index in [1.165, 1.54) is 19.2 Å². The van der Waals surface area contributed by atoms with Gasteiger partial charge in [0.05, 0.1) is 17.6 Å². The van der Waals surface area contributed by atoms with E-state index in [4.69, 9.17) is 11.3 Å². The maximum atomic E-state index is 13.2. The largest absolute Gasteiger partial charge is 0.496 e. The van der Waals surface area contributed by atoms with Crippen molar-refractivity contribution in [3.05, 3.63) is 35.2 Å². The van der Waals surface area contributed by atoms with Gasteiger partial charge >= 0.3 is 6.18 Å². The van der Waals surface area contributed by atoms with Gasteiger partial charge in [-0.2, -0.15) is 13.2 Å². The maximum absolute atomic E-state index is 13.2. The first kappa shape index (κ1) is 16.0. The van der Waals surface area contributed by atoms with E-state index in [1.807, 2.05) is 0 Å². The van der Waals surface area contributed by atoms with Crippen LogP contribution in [0.3, 0.4) is 0 Å². The molecule has 0 amide bonds. The van der Waals surface area contributed by atoms with Crippen LogP contribution in [0.15, 0.2) is 23.1 Å². The van der Waals surface area contributed by atoms with Crippen LogP contribution < -0.4 is 4.74 Å². The molecule has 2 nitrogen and oxygen atoms in total. The Morgan fingerprint density at radius 3 is 2.43 bits per heavy atom. The Morgan fingerprint density at radius 2 is 1.90 bits per heavy atom. The van der Waals surface area contributed by atoms with Crippen molar-refractivity contribution in [2.24, 2.45) is 0 Å².